The zero-order valence-corrected chi connectivity index (χ0v) is 27.1. The fraction of sp³-hybridized carbons (Fsp3) is 0.594. The number of nitrogens with zero attached hydrogens (tertiary/aromatic N) is 3. The number of amides is 2. The minimum Gasteiger partial charge on any atom is -0.479 e. The number of aliphatic imine (C=N–C) groups is 1. The number of hydrogen-bond donors (Lipinski definition) is 3. The highest BCUT2D eigenvalue weighted by Crippen LogP contribution is 2.45. The number of para-hydroxylation sites is 1. The number of carbonyl (C=O) groups is 3. The second-order valence-electron chi connectivity index (χ2n) is 13.4. The molecule has 2 aromatic rings. The summed E-state index contributed by atoms with van der Waals surface area (Å²) in [4.78, 5) is 51.7. The third kappa shape index (κ3) is 6.47. The van der Waals surface area contributed by atoms with Gasteiger partial charge in [0.05, 0.1) is 22.8 Å². The molecule has 4 heterocycles. The highest BCUT2D eigenvalue weighted by molar-refractivity contribution is 8.14. The van der Waals surface area contributed by atoms with Gasteiger partial charge in [0.1, 0.15) is 23.7 Å². The van der Waals surface area contributed by atoms with Crippen molar-refractivity contribution in [1.82, 2.24) is 20.5 Å². The van der Waals surface area contributed by atoms with Gasteiger partial charge in [-0.25, -0.2) is 9.78 Å². The summed E-state index contributed by atoms with van der Waals surface area (Å²) in [6.45, 7) is 6.71. The van der Waals surface area contributed by atoms with Crippen molar-refractivity contribution in [3.8, 4) is 5.19 Å². The second-order valence-corrected chi connectivity index (χ2v) is 15.4. The highest BCUT2D eigenvalue weighted by Gasteiger charge is 2.61. The van der Waals surface area contributed by atoms with Crippen LogP contribution < -0.4 is 15.4 Å². The summed E-state index contributed by atoms with van der Waals surface area (Å²) in [6.07, 6.45) is 8.26. The Morgan fingerprint density at radius 2 is 2.02 bits per heavy atom. The average molecular weight is 640 g/mol. The maximum absolute atomic E-state index is 14.3. The van der Waals surface area contributed by atoms with Crippen LogP contribution in [0.25, 0.3) is 10.2 Å². The summed E-state index contributed by atoms with van der Waals surface area (Å²) in [7, 11) is 0. The molecule has 12 heteroatoms. The number of ether oxygens (including phenoxy) is 1. The Hall–Kier alpha value is -3.12. The molecule has 1 aromatic carbocycles. The Balaban J connectivity index is 1.27. The Kier molecular flexibility index (Phi) is 8.67. The molecule has 236 valence electrons. The number of carbonyl (C=O) groups excluding carboxylic acids is 2. The van der Waals surface area contributed by atoms with Crippen molar-refractivity contribution in [2.24, 2.45) is 16.3 Å². The monoisotopic (exact) mass is 639 g/mol. The number of carboxylic acids is 1. The van der Waals surface area contributed by atoms with Gasteiger partial charge in [0, 0.05) is 18.1 Å². The Morgan fingerprint density at radius 3 is 2.77 bits per heavy atom. The molecule has 1 aliphatic carbocycles. The molecule has 6 atom stereocenters. The minimum atomic E-state index is -1.34. The zero-order valence-electron chi connectivity index (χ0n) is 25.5. The molecule has 2 fully saturated rings. The number of rotatable bonds is 4. The summed E-state index contributed by atoms with van der Waals surface area (Å²) in [6, 6.07) is 6.49. The molecule has 1 saturated heterocycles. The number of allylic oxidation sites excluding steroid dienone is 1. The van der Waals surface area contributed by atoms with Crippen LogP contribution in [0.1, 0.15) is 65.7 Å². The van der Waals surface area contributed by atoms with E-state index in [4.69, 9.17) is 9.73 Å². The van der Waals surface area contributed by atoms with E-state index in [2.05, 4.69) is 36.4 Å². The van der Waals surface area contributed by atoms with E-state index < -0.39 is 35.6 Å². The van der Waals surface area contributed by atoms with Crippen molar-refractivity contribution in [1.29, 1.82) is 0 Å². The SMILES string of the molecule is CC(C)(C)C1CSC(N[C@H]2CCCCC/C=C\[C@@H]3C[C@@]3(C(=O)O)NC(=O)[C@@H]3C[C@@H](Oc4nc5ccccc5s4)CN3C2=O)=N1. The Labute approximate surface area is 266 Å². The summed E-state index contributed by atoms with van der Waals surface area (Å²) < 4.78 is 7.28. The molecular formula is C32H41N5O5S2. The first-order chi connectivity index (χ1) is 21.0. The number of aromatic nitrogens is 1. The van der Waals surface area contributed by atoms with Crippen LogP contribution in [0.15, 0.2) is 41.4 Å². The van der Waals surface area contributed by atoms with Gasteiger partial charge >= 0.3 is 5.97 Å². The smallest absolute Gasteiger partial charge is 0.330 e. The number of nitrogens with one attached hydrogen (secondary N) is 2. The van der Waals surface area contributed by atoms with Crippen molar-refractivity contribution in [2.75, 3.05) is 12.3 Å². The fourth-order valence-electron chi connectivity index (χ4n) is 6.24. The quantitative estimate of drug-likeness (QED) is 0.414. The minimum absolute atomic E-state index is 0.0137. The van der Waals surface area contributed by atoms with Crippen molar-refractivity contribution in [3.63, 3.8) is 0 Å². The van der Waals surface area contributed by atoms with Gasteiger partial charge in [-0.1, -0.05) is 81.0 Å². The zero-order chi connectivity index (χ0) is 31.1. The van der Waals surface area contributed by atoms with Gasteiger partial charge in [-0.15, -0.1) is 0 Å². The maximum atomic E-state index is 14.3. The largest absolute Gasteiger partial charge is 0.479 e. The molecule has 0 spiro atoms. The summed E-state index contributed by atoms with van der Waals surface area (Å²) >= 11 is 3.06. The Morgan fingerprint density at radius 1 is 1.20 bits per heavy atom. The molecule has 1 unspecified atom stereocenters. The van der Waals surface area contributed by atoms with E-state index >= 15 is 0 Å². The first kappa shape index (κ1) is 30.9. The molecular weight excluding hydrogens is 599 g/mol. The van der Waals surface area contributed by atoms with Gasteiger partial charge in [-0.05, 0) is 43.2 Å². The predicted octanol–water partition coefficient (Wildman–Crippen LogP) is 4.60. The number of benzene rings is 1. The van der Waals surface area contributed by atoms with Crippen molar-refractivity contribution >= 4 is 56.3 Å². The van der Waals surface area contributed by atoms with E-state index in [9.17, 15) is 19.5 Å². The number of aliphatic carboxylic acids is 1. The molecule has 2 amide bonds. The maximum Gasteiger partial charge on any atom is 0.330 e. The molecule has 6 rings (SSSR count). The first-order valence-electron chi connectivity index (χ1n) is 15.6. The number of thioether (sulfide) groups is 1. The van der Waals surface area contributed by atoms with Crippen LogP contribution in [0.3, 0.4) is 0 Å². The fourth-order valence-corrected chi connectivity index (χ4v) is 8.44. The van der Waals surface area contributed by atoms with Gasteiger partial charge in [-0.3, -0.25) is 14.6 Å². The van der Waals surface area contributed by atoms with Crippen molar-refractivity contribution < 1.29 is 24.2 Å². The Bertz CT molecular complexity index is 1450. The van der Waals surface area contributed by atoms with E-state index in [1.54, 1.807) is 16.7 Å². The standard InChI is InChI=1S/C32H41N5O5S2/c1-31(2,3)25-18-43-29(35-25)33-22-13-8-6-4-5-7-11-19-16-32(19,28(40)41)36-26(38)23-15-20(17-37(23)27(22)39)42-30-34-21-12-9-10-14-24(21)44-30/h7,9-12,14,19-20,22-23,25H,4-6,8,13,15-18H2,1-3H3,(H,33,35)(H,36,38)(H,40,41)/b11-7-/t19-,20-,22+,23+,25?,32-/m1/s1. The van der Waals surface area contributed by atoms with E-state index in [-0.39, 0.29) is 36.2 Å². The lowest BCUT2D eigenvalue weighted by atomic mass is 9.88. The number of hydrogen-bond acceptors (Lipinski definition) is 9. The third-order valence-corrected chi connectivity index (χ3v) is 11.0. The highest BCUT2D eigenvalue weighted by atomic mass is 32.2. The number of thiazole rings is 1. The van der Waals surface area contributed by atoms with Crippen LogP contribution in [0.4, 0.5) is 0 Å². The van der Waals surface area contributed by atoms with Crippen LogP contribution in [-0.4, -0.2) is 80.0 Å². The molecule has 3 aliphatic heterocycles. The summed E-state index contributed by atoms with van der Waals surface area (Å²) in [5.41, 5.74) is -0.499. The van der Waals surface area contributed by atoms with Gasteiger partial charge in [0.25, 0.3) is 5.19 Å². The molecule has 0 bridgehead atoms. The molecule has 1 aromatic heterocycles. The van der Waals surface area contributed by atoms with E-state index in [1.165, 1.54) is 11.3 Å². The third-order valence-electron chi connectivity index (χ3n) is 9.11. The van der Waals surface area contributed by atoms with Crippen LogP contribution >= 0.6 is 23.1 Å². The second kappa shape index (κ2) is 12.3. The molecule has 44 heavy (non-hydrogen) atoms. The van der Waals surface area contributed by atoms with E-state index in [0.717, 1.165) is 46.8 Å². The molecule has 0 radical (unpaired) electrons. The lowest BCUT2D eigenvalue weighted by Crippen LogP contribution is -2.56. The lowest BCUT2D eigenvalue weighted by Gasteiger charge is -2.29. The molecule has 4 aliphatic rings. The number of amidine groups is 1. The summed E-state index contributed by atoms with van der Waals surface area (Å²) in [5, 5.41) is 17.6. The van der Waals surface area contributed by atoms with Gasteiger partial charge in [-0.2, -0.15) is 0 Å². The van der Waals surface area contributed by atoms with Gasteiger partial charge < -0.3 is 25.4 Å². The normalized spacial score (nSPS) is 32.1. The molecule has 3 N–H and O–H groups in total. The number of fused-ring (bicyclic) bond motifs is 3. The van der Waals surface area contributed by atoms with Crippen LogP contribution in [0, 0.1) is 11.3 Å². The van der Waals surface area contributed by atoms with Crippen molar-refractivity contribution in [2.45, 2.75) is 95.5 Å². The lowest BCUT2D eigenvalue weighted by molar-refractivity contribution is -0.145. The van der Waals surface area contributed by atoms with Crippen LogP contribution in [0.5, 0.6) is 5.19 Å². The van der Waals surface area contributed by atoms with E-state index in [1.807, 2.05) is 36.4 Å². The summed E-state index contributed by atoms with van der Waals surface area (Å²) in [5.74, 6) is -1.11. The van der Waals surface area contributed by atoms with Crippen LogP contribution in [-0.2, 0) is 14.4 Å². The average Bonchev–Trinajstić information content (AvgIpc) is 3.36. The predicted molar refractivity (Wildman–Crippen MR) is 173 cm³/mol. The van der Waals surface area contributed by atoms with Crippen LogP contribution in [0.2, 0.25) is 0 Å². The van der Waals surface area contributed by atoms with Gasteiger partial charge in [0.2, 0.25) is 11.8 Å². The van der Waals surface area contributed by atoms with E-state index in [0.29, 0.717) is 18.0 Å². The topological polar surface area (TPSA) is 133 Å². The van der Waals surface area contributed by atoms with Gasteiger partial charge in [0.15, 0.2) is 5.17 Å². The van der Waals surface area contributed by atoms with Crippen molar-refractivity contribution in [3.05, 3.63) is 36.4 Å². The number of carboxylic acid groups (broad SMARTS) is 1. The first-order valence-corrected chi connectivity index (χ1v) is 17.4. The molecule has 1 saturated carbocycles. The molecule has 10 nitrogen and oxygen atoms in total.